The van der Waals surface area contributed by atoms with Gasteiger partial charge in [-0.15, -0.1) is 0 Å². The first kappa shape index (κ1) is 8.72. The van der Waals surface area contributed by atoms with Crippen LogP contribution in [0.15, 0.2) is 4.99 Å². The summed E-state index contributed by atoms with van der Waals surface area (Å²) in [6.45, 7) is 5.54. The average Bonchev–Trinajstić information content (AvgIpc) is 1.63. The van der Waals surface area contributed by atoms with Crippen molar-refractivity contribution in [3.8, 4) is 0 Å². The van der Waals surface area contributed by atoms with E-state index in [4.69, 9.17) is 18.0 Å². The maximum Gasteiger partial charge on any atom is 0.0998 e. The van der Waals surface area contributed by atoms with E-state index in [0.29, 0.717) is 4.99 Å². The summed E-state index contributed by atoms with van der Waals surface area (Å²) < 4.78 is 0. The Hall–Kier alpha value is -0.280. The van der Waals surface area contributed by atoms with Crippen molar-refractivity contribution in [3.05, 3.63) is 0 Å². The third-order valence-electron chi connectivity index (χ3n) is 0.993. The van der Waals surface area contributed by atoms with Gasteiger partial charge in [0.05, 0.1) is 4.99 Å². The molecule has 0 radical (unpaired) electrons. The number of hydrogen-bond acceptors (Lipinski definition) is 2. The topological polar surface area (TPSA) is 38.4 Å². The lowest BCUT2D eigenvalue weighted by Gasteiger charge is -2.01. The summed E-state index contributed by atoms with van der Waals surface area (Å²) in [7, 11) is 0. The molecule has 0 bridgehead atoms. The van der Waals surface area contributed by atoms with Crippen LogP contribution in [0.2, 0.25) is 0 Å². The van der Waals surface area contributed by atoms with Gasteiger partial charge in [-0.3, -0.25) is 0 Å². The molecule has 0 aliphatic heterocycles. The van der Waals surface area contributed by atoms with Crippen LogP contribution < -0.4 is 5.73 Å². The zero-order valence-corrected chi connectivity index (χ0v) is 6.83. The minimum Gasteiger partial charge on any atom is -0.323 e. The summed E-state index contributed by atoms with van der Waals surface area (Å²) >= 11 is 4.75. The molecule has 2 N–H and O–H groups in total. The summed E-state index contributed by atoms with van der Waals surface area (Å²) in [6, 6.07) is 0.0166. The van der Waals surface area contributed by atoms with E-state index in [9.17, 15) is 0 Å². The van der Waals surface area contributed by atoms with Crippen LogP contribution in [-0.4, -0.2) is 16.7 Å². The van der Waals surface area contributed by atoms with E-state index in [1.807, 2.05) is 13.8 Å². The van der Waals surface area contributed by atoms with E-state index in [0.717, 1.165) is 5.71 Å². The number of aliphatic imine (C=N–C) groups is 1. The first-order valence-electron chi connectivity index (χ1n) is 2.85. The monoisotopic (exact) mass is 144 g/mol. The van der Waals surface area contributed by atoms with Crippen LogP contribution in [-0.2, 0) is 0 Å². The van der Waals surface area contributed by atoms with E-state index >= 15 is 0 Å². The molecule has 2 nitrogen and oxygen atoms in total. The normalized spacial score (nSPS) is 15.3. The van der Waals surface area contributed by atoms with Crippen molar-refractivity contribution in [1.82, 2.24) is 0 Å². The molecule has 0 saturated carbocycles. The van der Waals surface area contributed by atoms with Gasteiger partial charge in [0, 0.05) is 11.8 Å². The number of nitrogens with zero attached hydrogens (tertiary/aromatic N) is 1. The Morgan fingerprint density at radius 3 is 2.11 bits per heavy atom. The lowest BCUT2D eigenvalue weighted by atomic mass is 10.2. The van der Waals surface area contributed by atoms with E-state index < -0.39 is 0 Å². The molecule has 0 aliphatic carbocycles. The van der Waals surface area contributed by atoms with E-state index in [-0.39, 0.29) is 6.04 Å². The zero-order chi connectivity index (χ0) is 7.44. The highest BCUT2D eigenvalue weighted by Crippen LogP contribution is 1.85. The standard InChI is InChI=1S/C6H12N2S/c1-4(7)5(2)8-6(3)9/h4H,7H2,1-3H3. The Kier molecular flexibility index (Phi) is 3.58. The smallest absolute Gasteiger partial charge is 0.0998 e. The number of rotatable bonds is 1. The van der Waals surface area contributed by atoms with Crippen LogP contribution in [0.4, 0.5) is 0 Å². The van der Waals surface area contributed by atoms with Gasteiger partial charge in [0.1, 0.15) is 0 Å². The second-order valence-corrected chi connectivity index (χ2v) is 2.65. The lowest BCUT2D eigenvalue weighted by Crippen LogP contribution is -2.24. The summed E-state index contributed by atoms with van der Waals surface area (Å²) in [4.78, 5) is 4.64. The Morgan fingerprint density at radius 2 is 2.00 bits per heavy atom. The molecule has 0 aromatic carbocycles. The van der Waals surface area contributed by atoms with Crippen molar-refractivity contribution in [2.45, 2.75) is 26.8 Å². The minimum atomic E-state index is 0.0166. The maximum atomic E-state index is 5.49. The van der Waals surface area contributed by atoms with Crippen LogP contribution in [0.5, 0.6) is 0 Å². The van der Waals surface area contributed by atoms with Gasteiger partial charge in [0.2, 0.25) is 0 Å². The van der Waals surface area contributed by atoms with Gasteiger partial charge in [0.15, 0.2) is 0 Å². The highest BCUT2D eigenvalue weighted by molar-refractivity contribution is 7.80. The van der Waals surface area contributed by atoms with Gasteiger partial charge >= 0.3 is 0 Å². The molecular formula is C6H12N2S. The fourth-order valence-corrected chi connectivity index (χ4v) is 0.494. The molecule has 0 heterocycles. The Bertz CT molecular complexity index is 138. The molecular weight excluding hydrogens is 132 g/mol. The quantitative estimate of drug-likeness (QED) is 0.443. The number of thiocarbonyl (C=S) groups is 1. The van der Waals surface area contributed by atoms with Crippen LogP contribution in [0, 0.1) is 0 Å². The number of hydrogen-bond donors (Lipinski definition) is 1. The van der Waals surface area contributed by atoms with Crippen molar-refractivity contribution in [2.24, 2.45) is 10.7 Å². The SMILES string of the molecule is CC(=S)N=C(C)C(C)N. The van der Waals surface area contributed by atoms with Crippen molar-refractivity contribution in [2.75, 3.05) is 0 Å². The molecule has 0 aliphatic rings. The second-order valence-electron chi connectivity index (χ2n) is 2.06. The fraction of sp³-hybridized carbons (Fsp3) is 0.667. The minimum absolute atomic E-state index is 0.0166. The summed E-state index contributed by atoms with van der Waals surface area (Å²) in [5.74, 6) is 0. The van der Waals surface area contributed by atoms with Crippen molar-refractivity contribution in [1.29, 1.82) is 0 Å². The van der Waals surface area contributed by atoms with Crippen molar-refractivity contribution >= 4 is 22.9 Å². The second kappa shape index (κ2) is 3.69. The first-order chi connectivity index (χ1) is 4.04. The third kappa shape index (κ3) is 4.24. The molecule has 52 valence electrons. The molecule has 0 saturated heterocycles. The van der Waals surface area contributed by atoms with E-state index in [2.05, 4.69) is 4.99 Å². The van der Waals surface area contributed by atoms with E-state index in [1.165, 1.54) is 0 Å². The van der Waals surface area contributed by atoms with Crippen LogP contribution in [0.25, 0.3) is 0 Å². The molecule has 1 atom stereocenters. The highest BCUT2D eigenvalue weighted by atomic mass is 32.1. The predicted octanol–water partition coefficient (Wildman–Crippen LogP) is 1.14. The van der Waals surface area contributed by atoms with Gasteiger partial charge in [-0.2, -0.15) is 0 Å². The van der Waals surface area contributed by atoms with Gasteiger partial charge in [-0.05, 0) is 20.8 Å². The van der Waals surface area contributed by atoms with Gasteiger partial charge in [-0.25, -0.2) is 4.99 Å². The van der Waals surface area contributed by atoms with Crippen LogP contribution >= 0.6 is 12.2 Å². The van der Waals surface area contributed by atoms with Gasteiger partial charge < -0.3 is 5.73 Å². The van der Waals surface area contributed by atoms with Crippen LogP contribution in [0.1, 0.15) is 20.8 Å². The summed E-state index contributed by atoms with van der Waals surface area (Å²) in [5, 5.41) is 0. The fourth-order valence-electron chi connectivity index (χ4n) is 0.350. The molecule has 0 amide bonds. The molecule has 1 unspecified atom stereocenters. The predicted molar refractivity (Wildman–Crippen MR) is 45.0 cm³/mol. The van der Waals surface area contributed by atoms with Gasteiger partial charge in [0.25, 0.3) is 0 Å². The third-order valence-corrected chi connectivity index (χ3v) is 1.08. The van der Waals surface area contributed by atoms with Crippen LogP contribution in [0.3, 0.4) is 0 Å². The maximum absolute atomic E-state index is 5.49. The lowest BCUT2D eigenvalue weighted by molar-refractivity contribution is 0.969. The van der Waals surface area contributed by atoms with Gasteiger partial charge in [-0.1, -0.05) is 12.2 Å². The Labute approximate surface area is 61.2 Å². The number of nitrogens with two attached hydrogens (primary N) is 1. The average molecular weight is 144 g/mol. The largest absolute Gasteiger partial charge is 0.323 e. The summed E-state index contributed by atoms with van der Waals surface area (Å²) in [6.07, 6.45) is 0. The molecule has 0 aromatic rings. The van der Waals surface area contributed by atoms with Crippen molar-refractivity contribution < 1.29 is 0 Å². The first-order valence-corrected chi connectivity index (χ1v) is 3.26. The summed E-state index contributed by atoms with van der Waals surface area (Å²) in [5.41, 5.74) is 6.39. The molecule has 0 spiro atoms. The molecule has 0 rings (SSSR count). The Balaban J connectivity index is 4.00. The molecule has 3 heteroatoms. The van der Waals surface area contributed by atoms with Crippen molar-refractivity contribution in [3.63, 3.8) is 0 Å². The molecule has 0 fully saturated rings. The Morgan fingerprint density at radius 1 is 1.56 bits per heavy atom. The molecule has 9 heavy (non-hydrogen) atoms. The zero-order valence-electron chi connectivity index (χ0n) is 6.01. The van der Waals surface area contributed by atoms with E-state index in [1.54, 1.807) is 6.92 Å². The highest BCUT2D eigenvalue weighted by Gasteiger charge is 1.96. The molecule has 0 aromatic heterocycles.